The normalized spacial score (nSPS) is 12.7. The molecule has 0 aliphatic rings. The van der Waals surface area contributed by atoms with Crippen molar-refractivity contribution in [3.8, 4) is 0 Å². The largest absolute Gasteiger partial charge is 0.756 e. The first kappa shape index (κ1) is 92.5. The monoisotopic (exact) mass is 1350 g/mol. The number of ether oxygens (including phenoxy) is 14. The molecule has 0 radical (unpaired) electrons. The van der Waals surface area contributed by atoms with Crippen LogP contribution in [0.5, 0.6) is 0 Å². The number of likely N-dealkylation sites (N-methyl/N-ethyl adjacent to an activating group) is 1. The van der Waals surface area contributed by atoms with Gasteiger partial charge in [-0.2, -0.15) is 0 Å². The third-order valence-electron chi connectivity index (χ3n) is 14.3. The van der Waals surface area contributed by atoms with Crippen LogP contribution in [0, 0.1) is 0 Å². The van der Waals surface area contributed by atoms with E-state index in [0.717, 1.165) is 45.1 Å². The molecule has 0 spiro atoms. The lowest BCUT2D eigenvalue weighted by Gasteiger charge is -2.28. The molecule has 2 unspecified atom stereocenters. The molecule has 552 valence electrons. The standard InChI is InChI=1S/C36H72NO8P.C33H68O13/c1-6-8-10-12-14-16-18-20-22-24-26-28-35(38)42-32-34(33-44-46(40,41)43-31-30-37(3,4)5)45-36(39)29-27-25-23-21-19-17-15-13-11-9-7-2;1-2-3-4-5-6-7-8-10-35-12-14-37-16-18-39-20-22-41-24-26-43-28-30-45-32-33-46-31-29-44-27-25-42-23-21-40-19-17-38-15-13-36-11-9-34/h34H,6-33H2,1-5H3;34H,2-33H2,1H3. The number of rotatable bonds is 77. The molecule has 1 N–H and O–H groups in total. The Morgan fingerprint density at radius 2 is 0.598 bits per heavy atom. The van der Waals surface area contributed by atoms with Gasteiger partial charge in [-0.15, -0.1) is 0 Å². The summed E-state index contributed by atoms with van der Waals surface area (Å²) in [6, 6.07) is 0. The van der Waals surface area contributed by atoms with Crippen molar-refractivity contribution >= 4 is 19.8 Å². The highest BCUT2D eigenvalue weighted by Gasteiger charge is 2.22. The summed E-state index contributed by atoms with van der Waals surface area (Å²) in [7, 11) is 1.18. The van der Waals surface area contributed by atoms with Gasteiger partial charge >= 0.3 is 11.9 Å². The Morgan fingerprint density at radius 3 is 0.891 bits per heavy atom. The summed E-state index contributed by atoms with van der Waals surface area (Å²) in [6.07, 6.45) is 34.6. The molecular formula is C69H140NO21P. The molecule has 0 aromatic rings. The quantitative estimate of drug-likeness (QED) is 0.0257. The summed E-state index contributed by atoms with van der Waals surface area (Å²) < 4.78 is 99.0. The van der Waals surface area contributed by atoms with Crippen molar-refractivity contribution in [1.29, 1.82) is 0 Å². The molecule has 92 heavy (non-hydrogen) atoms. The Morgan fingerprint density at radius 1 is 0.337 bits per heavy atom. The van der Waals surface area contributed by atoms with Crippen LogP contribution in [0.3, 0.4) is 0 Å². The number of unbranched alkanes of at least 4 members (excludes halogenated alkanes) is 26. The van der Waals surface area contributed by atoms with Crippen LogP contribution < -0.4 is 4.89 Å². The van der Waals surface area contributed by atoms with E-state index in [-0.39, 0.29) is 38.6 Å². The summed E-state index contributed by atoms with van der Waals surface area (Å²) in [5.74, 6) is -0.829. The number of aliphatic hydroxyl groups excluding tert-OH is 1. The van der Waals surface area contributed by atoms with Crippen molar-refractivity contribution in [3.05, 3.63) is 0 Å². The molecular weight excluding hydrogens is 1210 g/mol. The Hall–Kier alpha value is -1.51. The van der Waals surface area contributed by atoms with Gasteiger partial charge in [0.15, 0.2) is 6.10 Å². The van der Waals surface area contributed by atoms with Gasteiger partial charge in [0.05, 0.1) is 186 Å². The van der Waals surface area contributed by atoms with Gasteiger partial charge in [-0.05, 0) is 19.3 Å². The Bertz CT molecular complexity index is 1460. The van der Waals surface area contributed by atoms with E-state index in [2.05, 4.69) is 20.8 Å². The predicted octanol–water partition coefficient (Wildman–Crippen LogP) is 12.0. The third-order valence-corrected chi connectivity index (χ3v) is 15.3. The number of aliphatic hydroxyl groups is 1. The van der Waals surface area contributed by atoms with Crippen molar-refractivity contribution < 1.29 is 104 Å². The van der Waals surface area contributed by atoms with Gasteiger partial charge in [-0.1, -0.05) is 188 Å². The van der Waals surface area contributed by atoms with E-state index in [9.17, 15) is 19.0 Å². The van der Waals surface area contributed by atoms with Crippen molar-refractivity contribution in [1.82, 2.24) is 0 Å². The fourth-order valence-corrected chi connectivity index (χ4v) is 9.60. The fourth-order valence-electron chi connectivity index (χ4n) is 8.87. The first-order valence-corrected chi connectivity index (χ1v) is 37.7. The molecule has 0 aromatic heterocycles. The van der Waals surface area contributed by atoms with Crippen LogP contribution in [0.15, 0.2) is 0 Å². The Labute approximate surface area is 560 Å². The number of phosphoric acid groups is 1. The molecule has 2 atom stereocenters. The zero-order valence-corrected chi connectivity index (χ0v) is 60.4. The second-order valence-electron chi connectivity index (χ2n) is 24.1. The van der Waals surface area contributed by atoms with Crippen molar-refractivity contribution in [2.24, 2.45) is 0 Å². The highest BCUT2D eigenvalue weighted by atomic mass is 31.2. The summed E-state index contributed by atoms with van der Waals surface area (Å²) in [5, 5.41) is 8.58. The number of nitrogens with zero attached hydrogens (tertiary/aromatic N) is 1. The molecule has 0 fully saturated rings. The minimum Gasteiger partial charge on any atom is -0.756 e. The summed E-state index contributed by atoms with van der Waals surface area (Å²) >= 11 is 0. The third kappa shape index (κ3) is 82.7. The van der Waals surface area contributed by atoms with Crippen LogP contribution in [0.2, 0.25) is 0 Å². The van der Waals surface area contributed by atoms with Gasteiger partial charge in [0, 0.05) is 19.4 Å². The van der Waals surface area contributed by atoms with Crippen molar-refractivity contribution in [2.75, 3.05) is 213 Å². The van der Waals surface area contributed by atoms with E-state index in [4.69, 9.17) is 80.5 Å². The zero-order chi connectivity index (χ0) is 67.5. The number of quaternary nitrogens is 1. The summed E-state index contributed by atoms with van der Waals surface area (Å²) in [6.45, 7) is 19.2. The average Bonchev–Trinajstić information content (AvgIpc) is 3.74. The number of esters is 2. The lowest BCUT2D eigenvalue weighted by atomic mass is 10.1. The minimum atomic E-state index is -4.60. The molecule has 0 bridgehead atoms. The second-order valence-corrected chi connectivity index (χ2v) is 25.6. The van der Waals surface area contributed by atoms with Gasteiger partial charge in [0.2, 0.25) is 0 Å². The summed E-state index contributed by atoms with van der Waals surface area (Å²) in [4.78, 5) is 37.2. The van der Waals surface area contributed by atoms with E-state index in [1.807, 2.05) is 21.1 Å². The molecule has 23 heteroatoms. The Kier molecular flexibility index (Phi) is 77.3. The molecule has 0 heterocycles. The first-order chi connectivity index (χ1) is 44.9. The molecule has 0 saturated carbocycles. The number of carbonyl (C=O) groups excluding carboxylic acids is 2. The number of hydrogen-bond acceptors (Lipinski definition) is 21. The maximum atomic E-state index is 12.6. The zero-order valence-electron chi connectivity index (χ0n) is 59.5. The smallest absolute Gasteiger partial charge is 0.306 e. The number of phosphoric ester groups is 1. The van der Waals surface area contributed by atoms with Gasteiger partial charge in [-0.3, -0.25) is 14.2 Å². The fraction of sp³-hybridized carbons (Fsp3) is 0.971. The summed E-state index contributed by atoms with van der Waals surface area (Å²) in [5.41, 5.74) is 0. The van der Waals surface area contributed by atoms with E-state index in [1.165, 1.54) is 141 Å². The molecule has 0 amide bonds. The maximum absolute atomic E-state index is 12.6. The molecule has 0 saturated heterocycles. The minimum absolute atomic E-state index is 0.0263. The average molecular weight is 1350 g/mol. The topological polar surface area (TPSA) is 242 Å². The van der Waals surface area contributed by atoms with Crippen LogP contribution >= 0.6 is 7.82 Å². The highest BCUT2D eigenvalue weighted by Crippen LogP contribution is 2.38. The lowest BCUT2D eigenvalue weighted by Crippen LogP contribution is -2.37. The lowest BCUT2D eigenvalue weighted by molar-refractivity contribution is -0.870. The van der Waals surface area contributed by atoms with Crippen LogP contribution in [-0.4, -0.2) is 240 Å². The second kappa shape index (κ2) is 76.9. The van der Waals surface area contributed by atoms with E-state index in [1.54, 1.807) is 0 Å². The van der Waals surface area contributed by atoms with Crippen LogP contribution in [0.25, 0.3) is 0 Å². The molecule has 0 rings (SSSR count). The SMILES string of the molecule is CCCCCCCCCCCCCC(=O)OCC(COP(=O)([O-])OCC[N+](C)(C)C)OC(=O)CCCCCCCCCCCCC.CCCCCCCCCOCCOCCOCCOCCOCCOCCOCCOCCOCCOCCOCCOCCO. The van der Waals surface area contributed by atoms with Crippen LogP contribution in [-0.2, 0) is 89.5 Å². The van der Waals surface area contributed by atoms with Crippen LogP contribution in [0.1, 0.15) is 220 Å². The molecule has 22 nitrogen and oxygen atoms in total. The van der Waals surface area contributed by atoms with Crippen molar-refractivity contribution in [2.45, 2.75) is 226 Å². The predicted molar refractivity (Wildman–Crippen MR) is 360 cm³/mol. The van der Waals surface area contributed by atoms with Gasteiger partial charge in [-0.25, -0.2) is 0 Å². The van der Waals surface area contributed by atoms with E-state index >= 15 is 0 Å². The molecule has 0 aromatic carbocycles. The van der Waals surface area contributed by atoms with E-state index < -0.39 is 26.5 Å². The number of hydrogen-bond donors (Lipinski definition) is 1. The number of carbonyl (C=O) groups is 2. The first-order valence-electron chi connectivity index (χ1n) is 36.2. The van der Waals surface area contributed by atoms with Gasteiger partial charge in [0.1, 0.15) is 19.8 Å². The highest BCUT2D eigenvalue weighted by molar-refractivity contribution is 7.45. The Balaban J connectivity index is 0. The van der Waals surface area contributed by atoms with Gasteiger partial charge < -0.3 is 89.8 Å². The molecule has 0 aliphatic carbocycles. The van der Waals surface area contributed by atoms with E-state index in [0.29, 0.717) is 169 Å². The maximum Gasteiger partial charge on any atom is 0.306 e. The van der Waals surface area contributed by atoms with Gasteiger partial charge in [0.25, 0.3) is 7.82 Å². The molecule has 0 aliphatic heterocycles. The van der Waals surface area contributed by atoms with Crippen molar-refractivity contribution in [3.63, 3.8) is 0 Å². The van der Waals surface area contributed by atoms with Crippen LogP contribution in [0.4, 0.5) is 0 Å².